The Hall–Kier alpha value is -2.25. The molecule has 550 valence electrons. The summed E-state index contributed by atoms with van der Waals surface area (Å²) >= 11 is 0. The van der Waals surface area contributed by atoms with Gasteiger partial charge in [0.15, 0.2) is 18.9 Å². The highest BCUT2D eigenvalue weighted by atomic mass is 16.8. The van der Waals surface area contributed by atoms with Crippen LogP contribution >= 0.6 is 0 Å². The third kappa shape index (κ3) is 37.3. The monoisotopic (exact) mass is 1340 g/mol. The number of ether oxygens (including phenoxy) is 6. The highest BCUT2D eigenvalue weighted by Crippen LogP contribution is 2.33. The lowest BCUT2D eigenvalue weighted by Crippen LogP contribution is -2.66. The van der Waals surface area contributed by atoms with E-state index < -0.39 is 124 Å². The Morgan fingerprint density at radius 1 is 0.394 bits per heavy atom. The minimum absolute atomic E-state index is 0.239. The minimum atomic E-state index is -1.97. The third-order valence-electron chi connectivity index (χ3n) is 18.9. The van der Waals surface area contributed by atoms with Crippen molar-refractivity contribution in [1.29, 1.82) is 0 Å². The molecule has 0 bridgehead atoms. The van der Waals surface area contributed by atoms with Crippen LogP contribution in [0.5, 0.6) is 0 Å². The predicted molar refractivity (Wildman–Crippen MR) is 369 cm³/mol. The van der Waals surface area contributed by atoms with Gasteiger partial charge in [-0.25, -0.2) is 0 Å². The summed E-state index contributed by atoms with van der Waals surface area (Å²) in [5, 5.41) is 121. The van der Waals surface area contributed by atoms with Gasteiger partial charge in [-0.1, -0.05) is 281 Å². The molecule has 0 aromatic heterocycles. The molecule has 1 amide bonds. The quantitative estimate of drug-likeness (QED) is 0.0199. The molecule has 0 aromatic rings. The standard InChI is InChI=1S/C75H137NO18/c1-3-5-7-9-11-13-15-17-19-20-21-22-23-24-25-26-27-28-29-30-31-32-33-34-35-36-37-38-39-41-43-45-47-49-51-53-63(81)76-58(59(80)52-50-48-46-44-42-40-18-16-14-12-10-8-6-4-2)57-89-73-69(87)66(84)71(61(55-78)91-73)94-75-70(88)67(85)72(62(56-79)92-75)93-74-68(86)65(83)64(82)60(54-77)90-74/h5,7,11,13,17,19,21-22,58-62,64-75,77-80,82-88H,3-4,6,8-10,12,14-16,18,20,23-57H2,1-2H3,(H,76,81)/b7-5-,13-11-,19-17-,22-21-. The van der Waals surface area contributed by atoms with Crippen LogP contribution in [0.4, 0.5) is 0 Å². The SMILES string of the molecule is CC/C=C\C/C=C\C/C=C\C/C=C\CCCCCCCCCCCCCCCCCCCCCCCCC(=O)NC(COC1OC(CO)C(OC2OC(CO)C(OC3OC(CO)C(O)C(O)C3O)C(O)C2O)C(O)C1O)C(O)CCCCCCCCCCCCCCCC. The van der Waals surface area contributed by atoms with Crippen molar-refractivity contribution < 1.29 is 89.4 Å². The molecule has 19 heteroatoms. The number of carbonyl (C=O) groups excluding carboxylic acids is 1. The maximum absolute atomic E-state index is 13.4. The maximum Gasteiger partial charge on any atom is 0.220 e. The first-order chi connectivity index (χ1) is 45.8. The summed E-state index contributed by atoms with van der Waals surface area (Å²) in [6.45, 7) is 1.71. The second-order valence-electron chi connectivity index (χ2n) is 27.1. The summed E-state index contributed by atoms with van der Waals surface area (Å²) in [5.74, 6) is -0.239. The largest absolute Gasteiger partial charge is 0.394 e. The lowest BCUT2D eigenvalue weighted by atomic mass is 9.96. The Morgan fingerprint density at radius 3 is 1.15 bits per heavy atom. The lowest BCUT2D eigenvalue weighted by Gasteiger charge is -2.48. The smallest absolute Gasteiger partial charge is 0.220 e. The van der Waals surface area contributed by atoms with Crippen molar-refractivity contribution in [3.05, 3.63) is 48.6 Å². The average Bonchev–Trinajstić information content (AvgIpc) is 0.792. The highest BCUT2D eigenvalue weighted by molar-refractivity contribution is 5.76. The molecule has 0 aromatic carbocycles. The number of hydrogen-bond donors (Lipinski definition) is 12. The summed E-state index contributed by atoms with van der Waals surface area (Å²) in [6, 6.07) is -0.885. The van der Waals surface area contributed by atoms with E-state index in [9.17, 15) is 61.0 Å². The molecule has 19 nitrogen and oxygen atoms in total. The van der Waals surface area contributed by atoms with Gasteiger partial charge in [0.2, 0.25) is 5.91 Å². The molecule has 0 spiro atoms. The summed E-state index contributed by atoms with van der Waals surface area (Å²) in [6.07, 6.45) is 42.1. The van der Waals surface area contributed by atoms with Crippen LogP contribution in [-0.4, -0.2) is 193 Å². The normalized spacial score (nSPS) is 27.6. The Kier molecular flexibility index (Phi) is 51.7. The third-order valence-corrected chi connectivity index (χ3v) is 18.9. The molecule has 12 N–H and O–H groups in total. The summed E-state index contributed by atoms with van der Waals surface area (Å²) in [5.41, 5.74) is 0. The topological polar surface area (TPSA) is 307 Å². The Bertz CT molecular complexity index is 1890. The van der Waals surface area contributed by atoms with E-state index in [0.29, 0.717) is 12.8 Å². The molecule has 0 radical (unpaired) electrons. The predicted octanol–water partition coefficient (Wildman–Crippen LogP) is 11.3. The fraction of sp³-hybridized carbons (Fsp3) is 0.880. The van der Waals surface area contributed by atoms with E-state index in [1.54, 1.807) is 0 Å². The number of aliphatic hydroxyl groups is 11. The van der Waals surface area contributed by atoms with Crippen LogP contribution in [0.25, 0.3) is 0 Å². The van der Waals surface area contributed by atoms with Crippen molar-refractivity contribution in [3.8, 4) is 0 Å². The van der Waals surface area contributed by atoms with Gasteiger partial charge in [-0.15, -0.1) is 0 Å². The van der Waals surface area contributed by atoms with Crippen molar-refractivity contribution in [3.63, 3.8) is 0 Å². The molecule has 3 rings (SSSR count). The Labute approximate surface area is 567 Å². The average molecular weight is 1340 g/mol. The molecular weight excluding hydrogens is 1200 g/mol. The van der Waals surface area contributed by atoms with Crippen LogP contribution in [-0.2, 0) is 33.2 Å². The van der Waals surface area contributed by atoms with Crippen molar-refractivity contribution in [2.45, 2.75) is 394 Å². The first-order valence-corrected chi connectivity index (χ1v) is 37.9. The van der Waals surface area contributed by atoms with Gasteiger partial charge in [-0.05, 0) is 51.4 Å². The van der Waals surface area contributed by atoms with E-state index in [1.165, 1.54) is 186 Å². The molecule has 17 atom stereocenters. The Morgan fingerprint density at radius 2 is 0.734 bits per heavy atom. The zero-order valence-corrected chi connectivity index (χ0v) is 58.4. The zero-order chi connectivity index (χ0) is 68.2. The van der Waals surface area contributed by atoms with E-state index in [2.05, 4.69) is 67.8 Å². The summed E-state index contributed by atoms with van der Waals surface area (Å²) < 4.78 is 34.4. The lowest BCUT2D eigenvalue weighted by molar-refractivity contribution is -0.379. The highest BCUT2D eigenvalue weighted by Gasteiger charge is 2.53. The van der Waals surface area contributed by atoms with Gasteiger partial charge in [0, 0.05) is 6.42 Å². The van der Waals surface area contributed by atoms with Gasteiger partial charge in [0.1, 0.15) is 73.2 Å². The summed E-state index contributed by atoms with van der Waals surface area (Å²) in [7, 11) is 0. The Balaban J connectivity index is 1.32. The maximum atomic E-state index is 13.4. The number of carbonyl (C=O) groups is 1. The molecule has 0 saturated carbocycles. The zero-order valence-electron chi connectivity index (χ0n) is 58.4. The van der Waals surface area contributed by atoms with Gasteiger partial charge in [-0.3, -0.25) is 4.79 Å². The summed E-state index contributed by atoms with van der Waals surface area (Å²) in [4.78, 5) is 13.4. The van der Waals surface area contributed by atoms with Crippen LogP contribution in [0.15, 0.2) is 48.6 Å². The fourth-order valence-electron chi connectivity index (χ4n) is 12.8. The van der Waals surface area contributed by atoms with Crippen molar-refractivity contribution in [1.82, 2.24) is 5.32 Å². The van der Waals surface area contributed by atoms with E-state index >= 15 is 0 Å². The first-order valence-electron chi connectivity index (χ1n) is 37.9. The van der Waals surface area contributed by atoms with Gasteiger partial charge in [-0.2, -0.15) is 0 Å². The van der Waals surface area contributed by atoms with Crippen LogP contribution < -0.4 is 5.32 Å². The van der Waals surface area contributed by atoms with Gasteiger partial charge < -0.3 is 89.9 Å². The van der Waals surface area contributed by atoms with Gasteiger partial charge in [0.25, 0.3) is 0 Å². The second kappa shape index (κ2) is 56.5. The van der Waals surface area contributed by atoms with Gasteiger partial charge in [0.05, 0.1) is 38.6 Å². The van der Waals surface area contributed by atoms with E-state index in [-0.39, 0.29) is 18.9 Å². The van der Waals surface area contributed by atoms with Crippen LogP contribution in [0.3, 0.4) is 0 Å². The molecule has 3 aliphatic heterocycles. The number of nitrogens with one attached hydrogen (secondary N) is 1. The molecule has 3 heterocycles. The number of allylic oxidation sites excluding steroid dienone is 8. The van der Waals surface area contributed by atoms with Crippen molar-refractivity contribution in [2.24, 2.45) is 0 Å². The van der Waals surface area contributed by atoms with Crippen molar-refractivity contribution in [2.75, 3.05) is 26.4 Å². The molecular formula is C75H137NO18. The van der Waals surface area contributed by atoms with Crippen LogP contribution in [0.1, 0.15) is 290 Å². The first kappa shape index (κ1) is 86.0. The second-order valence-corrected chi connectivity index (χ2v) is 27.1. The number of rotatable bonds is 59. The molecule has 17 unspecified atom stereocenters. The fourth-order valence-corrected chi connectivity index (χ4v) is 12.8. The number of aliphatic hydroxyl groups excluding tert-OH is 11. The van der Waals surface area contributed by atoms with E-state index in [1.807, 2.05) is 0 Å². The number of unbranched alkanes of at least 4 members (excludes halogenated alkanes) is 35. The molecule has 94 heavy (non-hydrogen) atoms. The van der Waals surface area contributed by atoms with E-state index in [0.717, 1.165) is 70.6 Å². The van der Waals surface area contributed by atoms with Crippen molar-refractivity contribution >= 4 is 5.91 Å². The molecule has 3 saturated heterocycles. The minimum Gasteiger partial charge on any atom is -0.394 e. The molecule has 3 aliphatic rings. The molecule has 3 fully saturated rings. The number of amides is 1. The molecule has 0 aliphatic carbocycles. The van der Waals surface area contributed by atoms with Crippen LogP contribution in [0.2, 0.25) is 0 Å². The van der Waals surface area contributed by atoms with Gasteiger partial charge >= 0.3 is 0 Å². The number of hydrogen-bond acceptors (Lipinski definition) is 18. The van der Waals surface area contributed by atoms with Crippen LogP contribution in [0, 0.1) is 0 Å². The van der Waals surface area contributed by atoms with E-state index in [4.69, 9.17) is 28.4 Å².